The van der Waals surface area contributed by atoms with Crippen molar-refractivity contribution in [3.63, 3.8) is 0 Å². The van der Waals surface area contributed by atoms with Gasteiger partial charge in [-0.2, -0.15) is 0 Å². The molecule has 2 amide bonds. The Balaban J connectivity index is 2.23. The maximum absolute atomic E-state index is 13.2. The molecule has 0 aliphatic heterocycles. The van der Waals surface area contributed by atoms with E-state index >= 15 is 0 Å². The molecule has 168 valence electrons. The fourth-order valence-corrected chi connectivity index (χ4v) is 3.54. The molecule has 0 saturated carbocycles. The second kappa shape index (κ2) is 11.4. The number of hydrogen-bond donors (Lipinski definition) is 1. The SMILES string of the molecule is CC[C@@H](C(=O)NC(C)C)N(Cc1ccc(Cl)cc1)C(=O)COc1cc(C)c(Cl)c(C)c1. The van der Waals surface area contributed by atoms with Crippen LogP contribution in [0.3, 0.4) is 0 Å². The van der Waals surface area contributed by atoms with Crippen molar-refractivity contribution < 1.29 is 14.3 Å². The highest BCUT2D eigenvalue weighted by Gasteiger charge is 2.29. The molecule has 2 aromatic rings. The summed E-state index contributed by atoms with van der Waals surface area (Å²) in [5.41, 5.74) is 2.64. The minimum atomic E-state index is -0.608. The maximum atomic E-state index is 13.2. The fraction of sp³-hybridized carbons (Fsp3) is 0.417. The molecule has 0 aliphatic rings. The first-order valence-electron chi connectivity index (χ1n) is 10.4. The topological polar surface area (TPSA) is 58.6 Å². The summed E-state index contributed by atoms with van der Waals surface area (Å²) in [5.74, 6) is 0.114. The zero-order valence-electron chi connectivity index (χ0n) is 18.7. The molecule has 0 radical (unpaired) electrons. The first kappa shape index (κ1) is 25.0. The van der Waals surface area contributed by atoms with E-state index in [-0.39, 0.29) is 31.0 Å². The Morgan fingerprint density at radius 1 is 1.06 bits per heavy atom. The van der Waals surface area contributed by atoms with Crippen LogP contribution < -0.4 is 10.1 Å². The lowest BCUT2D eigenvalue weighted by Crippen LogP contribution is -2.51. The quantitative estimate of drug-likeness (QED) is 0.545. The van der Waals surface area contributed by atoms with Gasteiger partial charge in [0.2, 0.25) is 5.91 Å². The highest BCUT2D eigenvalue weighted by molar-refractivity contribution is 6.32. The number of aryl methyl sites for hydroxylation is 2. The number of carbonyl (C=O) groups is 2. The van der Waals surface area contributed by atoms with Gasteiger partial charge >= 0.3 is 0 Å². The number of ether oxygens (including phenoxy) is 1. The molecular formula is C24H30Cl2N2O3. The van der Waals surface area contributed by atoms with Crippen molar-refractivity contribution in [3.05, 3.63) is 63.1 Å². The van der Waals surface area contributed by atoms with Crippen LogP contribution in [0, 0.1) is 13.8 Å². The van der Waals surface area contributed by atoms with Gasteiger partial charge in [-0.15, -0.1) is 0 Å². The molecule has 1 atom stereocenters. The molecule has 0 saturated heterocycles. The van der Waals surface area contributed by atoms with Crippen molar-refractivity contribution in [2.45, 2.75) is 59.7 Å². The summed E-state index contributed by atoms with van der Waals surface area (Å²) in [6, 6.07) is 10.2. The van der Waals surface area contributed by atoms with Crippen molar-refractivity contribution in [3.8, 4) is 5.75 Å². The van der Waals surface area contributed by atoms with Crippen LogP contribution in [0.5, 0.6) is 5.75 Å². The van der Waals surface area contributed by atoms with Crippen LogP contribution in [0.4, 0.5) is 0 Å². The largest absolute Gasteiger partial charge is 0.484 e. The number of amides is 2. The van der Waals surface area contributed by atoms with Crippen LogP contribution in [-0.4, -0.2) is 35.4 Å². The second-order valence-corrected chi connectivity index (χ2v) is 8.71. The molecule has 0 heterocycles. The second-order valence-electron chi connectivity index (χ2n) is 7.90. The smallest absolute Gasteiger partial charge is 0.261 e. The monoisotopic (exact) mass is 464 g/mol. The molecular weight excluding hydrogens is 435 g/mol. The standard InChI is InChI=1S/C24H30Cl2N2O3/c1-6-21(24(30)27-15(2)3)28(13-18-7-9-19(25)10-8-18)22(29)14-31-20-11-16(4)23(26)17(5)12-20/h7-12,15,21H,6,13-14H2,1-5H3,(H,27,30)/t21-/m0/s1. The molecule has 0 spiro atoms. The van der Waals surface area contributed by atoms with Gasteiger partial charge in [-0.05, 0) is 75.1 Å². The van der Waals surface area contributed by atoms with Crippen molar-refractivity contribution in [2.75, 3.05) is 6.61 Å². The molecule has 1 N–H and O–H groups in total. The summed E-state index contributed by atoms with van der Waals surface area (Å²) in [7, 11) is 0. The predicted molar refractivity (Wildman–Crippen MR) is 126 cm³/mol. The molecule has 0 bridgehead atoms. The molecule has 0 aliphatic carbocycles. The van der Waals surface area contributed by atoms with Crippen LogP contribution in [0.15, 0.2) is 36.4 Å². The third kappa shape index (κ3) is 7.15. The van der Waals surface area contributed by atoms with E-state index in [2.05, 4.69) is 5.32 Å². The number of benzene rings is 2. The molecule has 5 nitrogen and oxygen atoms in total. The number of nitrogens with zero attached hydrogens (tertiary/aromatic N) is 1. The zero-order valence-corrected chi connectivity index (χ0v) is 20.2. The highest BCUT2D eigenvalue weighted by Crippen LogP contribution is 2.26. The van der Waals surface area contributed by atoms with Gasteiger partial charge in [0.25, 0.3) is 5.91 Å². The van der Waals surface area contributed by atoms with Crippen LogP contribution >= 0.6 is 23.2 Å². The Labute approximate surface area is 194 Å². The lowest BCUT2D eigenvalue weighted by molar-refractivity contribution is -0.143. The maximum Gasteiger partial charge on any atom is 0.261 e. The van der Waals surface area contributed by atoms with E-state index in [0.717, 1.165) is 16.7 Å². The van der Waals surface area contributed by atoms with Crippen LogP contribution in [0.2, 0.25) is 10.0 Å². The predicted octanol–water partition coefficient (Wildman–Crippen LogP) is 5.32. The first-order valence-corrected chi connectivity index (χ1v) is 11.1. The third-order valence-corrected chi connectivity index (χ3v) is 5.70. The van der Waals surface area contributed by atoms with Crippen molar-refractivity contribution in [1.82, 2.24) is 10.2 Å². The van der Waals surface area contributed by atoms with Crippen LogP contribution in [-0.2, 0) is 16.1 Å². The first-order chi connectivity index (χ1) is 14.6. The highest BCUT2D eigenvalue weighted by atomic mass is 35.5. The van der Waals surface area contributed by atoms with E-state index in [4.69, 9.17) is 27.9 Å². The summed E-state index contributed by atoms with van der Waals surface area (Å²) in [6.07, 6.45) is 0.483. The minimum Gasteiger partial charge on any atom is -0.484 e. The van der Waals surface area contributed by atoms with Crippen LogP contribution in [0.25, 0.3) is 0 Å². The fourth-order valence-electron chi connectivity index (χ4n) is 3.30. The van der Waals surface area contributed by atoms with E-state index in [1.807, 2.05) is 46.8 Å². The van der Waals surface area contributed by atoms with Gasteiger partial charge in [-0.3, -0.25) is 9.59 Å². The van der Waals surface area contributed by atoms with Gasteiger partial charge in [-0.1, -0.05) is 42.3 Å². The number of halogens is 2. The summed E-state index contributed by atoms with van der Waals surface area (Å²) in [5, 5.41) is 4.20. The Bertz CT molecular complexity index is 891. The lowest BCUT2D eigenvalue weighted by Gasteiger charge is -2.31. The van der Waals surface area contributed by atoms with Gasteiger partial charge in [-0.25, -0.2) is 0 Å². The zero-order chi connectivity index (χ0) is 23.1. The summed E-state index contributed by atoms with van der Waals surface area (Å²) in [6.45, 7) is 9.55. The van der Waals surface area contributed by atoms with Gasteiger partial charge < -0.3 is 15.0 Å². The third-order valence-electron chi connectivity index (χ3n) is 4.86. The van der Waals surface area contributed by atoms with E-state index in [1.54, 1.807) is 29.2 Å². The van der Waals surface area contributed by atoms with Gasteiger partial charge in [0.1, 0.15) is 11.8 Å². The summed E-state index contributed by atoms with van der Waals surface area (Å²) < 4.78 is 5.78. The van der Waals surface area contributed by atoms with Gasteiger partial charge in [0.15, 0.2) is 6.61 Å². The normalized spacial score (nSPS) is 11.9. The number of rotatable bonds is 9. The Morgan fingerprint density at radius 3 is 2.16 bits per heavy atom. The minimum absolute atomic E-state index is 0.0229. The Morgan fingerprint density at radius 2 is 1.65 bits per heavy atom. The molecule has 31 heavy (non-hydrogen) atoms. The van der Waals surface area contributed by atoms with Gasteiger partial charge in [0, 0.05) is 22.6 Å². The van der Waals surface area contributed by atoms with Gasteiger partial charge in [0.05, 0.1) is 0 Å². The van der Waals surface area contributed by atoms with Crippen molar-refractivity contribution >= 4 is 35.0 Å². The van der Waals surface area contributed by atoms with Crippen molar-refractivity contribution in [2.24, 2.45) is 0 Å². The van der Waals surface area contributed by atoms with E-state index in [9.17, 15) is 9.59 Å². The van der Waals surface area contributed by atoms with E-state index in [0.29, 0.717) is 22.2 Å². The lowest BCUT2D eigenvalue weighted by atomic mass is 10.1. The molecule has 2 rings (SSSR count). The molecule has 7 heteroatoms. The Kier molecular flexibility index (Phi) is 9.20. The molecule has 0 aromatic heterocycles. The summed E-state index contributed by atoms with van der Waals surface area (Å²) in [4.78, 5) is 27.5. The summed E-state index contributed by atoms with van der Waals surface area (Å²) >= 11 is 12.2. The number of nitrogens with one attached hydrogen (secondary N) is 1. The average Bonchev–Trinajstić information content (AvgIpc) is 2.70. The Hall–Kier alpha value is -2.24. The van der Waals surface area contributed by atoms with E-state index in [1.165, 1.54) is 0 Å². The molecule has 2 aromatic carbocycles. The van der Waals surface area contributed by atoms with Crippen LogP contribution in [0.1, 0.15) is 43.9 Å². The van der Waals surface area contributed by atoms with Crippen molar-refractivity contribution in [1.29, 1.82) is 0 Å². The molecule has 0 fully saturated rings. The van der Waals surface area contributed by atoms with E-state index < -0.39 is 6.04 Å². The number of hydrogen-bond acceptors (Lipinski definition) is 3. The average molecular weight is 465 g/mol. The number of carbonyl (C=O) groups excluding carboxylic acids is 2. The molecule has 0 unspecified atom stereocenters.